The molecule has 2 atom stereocenters. The number of urea groups is 1. The Labute approximate surface area is 164 Å². The summed E-state index contributed by atoms with van der Waals surface area (Å²) in [6.07, 6.45) is -0.287. The lowest BCUT2D eigenvalue weighted by molar-refractivity contribution is -0.124. The van der Waals surface area contributed by atoms with Crippen LogP contribution >= 0.6 is 0 Å². The van der Waals surface area contributed by atoms with Gasteiger partial charge in [-0.15, -0.1) is 0 Å². The smallest absolute Gasteiger partial charge is 0.319 e. The third-order valence-corrected chi connectivity index (χ3v) is 4.34. The van der Waals surface area contributed by atoms with Crippen LogP contribution in [0.1, 0.15) is 13.8 Å². The van der Waals surface area contributed by atoms with Gasteiger partial charge in [-0.1, -0.05) is 44.2 Å². The average Bonchev–Trinajstić information content (AvgIpc) is 2.70. The van der Waals surface area contributed by atoms with E-state index >= 15 is 0 Å². The van der Waals surface area contributed by atoms with Crippen molar-refractivity contribution in [2.45, 2.75) is 26.0 Å². The van der Waals surface area contributed by atoms with Crippen molar-refractivity contribution < 1.29 is 19.1 Å². The van der Waals surface area contributed by atoms with Gasteiger partial charge in [-0.05, 0) is 30.2 Å². The molecule has 148 valence electrons. The Balaban J connectivity index is 1.51. The predicted octanol–water partition coefficient (Wildman–Crippen LogP) is 2.79. The summed E-state index contributed by atoms with van der Waals surface area (Å²) in [6, 6.07) is 15.4. The first-order valence-electron chi connectivity index (χ1n) is 9.31. The highest BCUT2D eigenvalue weighted by Gasteiger charge is 2.26. The van der Waals surface area contributed by atoms with Crippen molar-refractivity contribution >= 4 is 17.6 Å². The molecule has 3 N–H and O–H groups in total. The summed E-state index contributed by atoms with van der Waals surface area (Å²) in [5.74, 6) is 1.02. The lowest BCUT2D eigenvalue weighted by Crippen LogP contribution is -2.53. The number of carbonyl (C=O) groups excluding carboxylic acids is 2. The maximum atomic E-state index is 12.6. The number of anilines is 1. The second-order valence-corrected chi connectivity index (χ2v) is 6.93. The van der Waals surface area contributed by atoms with Crippen LogP contribution in [-0.2, 0) is 4.79 Å². The van der Waals surface area contributed by atoms with Crippen LogP contribution in [0.5, 0.6) is 11.5 Å². The second kappa shape index (κ2) is 9.12. The van der Waals surface area contributed by atoms with Crippen molar-refractivity contribution in [3.63, 3.8) is 0 Å². The van der Waals surface area contributed by atoms with Gasteiger partial charge in [-0.3, -0.25) is 4.79 Å². The largest absolute Gasteiger partial charge is 0.486 e. The van der Waals surface area contributed by atoms with Crippen LogP contribution in [0.4, 0.5) is 10.5 Å². The van der Waals surface area contributed by atoms with Crippen LogP contribution in [0.3, 0.4) is 0 Å². The van der Waals surface area contributed by atoms with Crippen molar-refractivity contribution in [3.8, 4) is 11.5 Å². The van der Waals surface area contributed by atoms with Gasteiger partial charge < -0.3 is 25.4 Å². The van der Waals surface area contributed by atoms with Crippen molar-refractivity contribution in [2.75, 3.05) is 18.5 Å². The van der Waals surface area contributed by atoms with Gasteiger partial charge in [-0.2, -0.15) is 0 Å². The number of ether oxygens (including phenoxy) is 2. The zero-order valence-corrected chi connectivity index (χ0v) is 16.0. The molecule has 0 fully saturated rings. The van der Waals surface area contributed by atoms with E-state index in [0.717, 1.165) is 0 Å². The summed E-state index contributed by atoms with van der Waals surface area (Å²) in [6.45, 7) is 4.40. The highest BCUT2D eigenvalue weighted by atomic mass is 16.6. The van der Waals surface area contributed by atoms with Crippen LogP contribution in [0.2, 0.25) is 0 Å². The molecule has 0 aliphatic carbocycles. The van der Waals surface area contributed by atoms with Crippen LogP contribution in [0.15, 0.2) is 54.6 Å². The first-order chi connectivity index (χ1) is 13.5. The summed E-state index contributed by atoms with van der Waals surface area (Å²) in [7, 11) is 0. The molecule has 0 aromatic heterocycles. The summed E-state index contributed by atoms with van der Waals surface area (Å²) in [5, 5.41) is 8.31. The fourth-order valence-corrected chi connectivity index (χ4v) is 2.85. The SMILES string of the molecule is CC(C)[C@H](NC(=O)Nc1ccccc1)C(=O)NC[C@@H]1COc2ccccc2O1. The third kappa shape index (κ3) is 5.16. The number of hydrogen-bond donors (Lipinski definition) is 3. The Morgan fingerprint density at radius 1 is 1.04 bits per heavy atom. The Hall–Kier alpha value is -3.22. The lowest BCUT2D eigenvalue weighted by atomic mass is 10.0. The molecule has 0 unspecified atom stereocenters. The average molecular weight is 383 g/mol. The van der Waals surface area contributed by atoms with E-state index in [9.17, 15) is 9.59 Å². The van der Waals surface area contributed by atoms with E-state index in [4.69, 9.17) is 9.47 Å². The number of amides is 3. The fourth-order valence-electron chi connectivity index (χ4n) is 2.85. The monoisotopic (exact) mass is 383 g/mol. The Morgan fingerprint density at radius 3 is 2.43 bits per heavy atom. The second-order valence-electron chi connectivity index (χ2n) is 6.93. The number of para-hydroxylation sites is 3. The molecule has 7 nitrogen and oxygen atoms in total. The maximum Gasteiger partial charge on any atom is 0.319 e. The van der Waals surface area contributed by atoms with Gasteiger partial charge >= 0.3 is 6.03 Å². The molecular formula is C21H25N3O4. The normalized spacial score (nSPS) is 16.2. The van der Waals surface area contributed by atoms with E-state index in [1.807, 2.05) is 56.3 Å². The fraction of sp³-hybridized carbons (Fsp3) is 0.333. The number of rotatable bonds is 6. The summed E-state index contributed by atoms with van der Waals surface area (Å²) in [5.41, 5.74) is 0.661. The molecule has 2 aromatic rings. The molecular weight excluding hydrogens is 358 g/mol. The number of hydrogen-bond acceptors (Lipinski definition) is 4. The van der Waals surface area contributed by atoms with Gasteiger partial charge in [0, 0.05) is 5.69 Å². The van der Waals surface area contributed by atoms with Gasteiger partial charge in [0.2, 0.25) is 5.91 Å². The predicted molar refractivity (Wildman–Crippen MR) is 107 cm³/mol. The first-order valence-corrected chi connectivity index (χ1v) is 9.31. The first kappa shape index (κ1) is 19.5. The van der Waals surface area contributed by atoms with Crippen LogP contribution < -0.4 is 25.4 Å². The minimum Gasteiger partial charge on any atom is -0.486 e. The zero-order valence-electron chi connectivity index (χ0n) is 16.0. The van der Waals surface area contributed by atoms with E-state index in [0.29, 0.717) is 30.3 Å². The molecule has 3 rings (SSSR count). The third-order valence-electron chi connectivity index (χ3n) is 4.34. The summed E-state index contributed by atoms with van der Waals surface area (Å²) < 4.78 is 11.5. The Morgan fingerprint density at radius 2 is 1.71 bits per heavy atom. The van der Waals surface area contributed by atoms with Crippen molar-refractivity contribution in [1.29, 1.82) is 0 Å². The summed E-state index contributed by atoms with van der Waals surface area (Å²) in [4.78, 5) is 24.8. The highest BCUT2D eigenvalue weighted by molar-refractivity contribution is 5.93. The Bertz CT molecular complexity index is 810. The summed E-state index contributed by atoms with van der Waals surface area (Å²) >= 11 is 0. The molecule has 3 amide bonds. The molecule has 2 aromatic carbocycles. The number of nitrogens with one attached hydrogen (secondary N) is 3. The van der Waals surface area contributed by atoms with Crippen molar-refractivity contribution in [3.05, 3.63) is 54.6 Å². The molecule has 1 heterocycles. The molecule has 0 saturated carbocycles. The van der Waals surface area contributed by atoms with Crippen molar-refractivity contribution in [1.82, 2.24) is 10.6 Å². The van der Waals surface area contributed by atoms with Crippen molar-refractivity contribution in [2.24, 2.45) is 5.92 Å². The van der Waals surface area contributed by atoms with E-state index in [1.165, 1.54) is 0 Å². The molecule has 0 spiro atoms. The van der Waals surface area contributed by atoms with Gasteiger partial charge in [0.05, 0.1) is 6.54 Å². The maximum absolute atomic E-state index is 12.6. The topological polar surface area (TPSA) is 88.7 Å². The molecule has 7 heteroatoms. The van der Waals surface area contributed by atoms with Crippen LogP contribution in [-0.4, -0.2) is 37.2 Å². The quantitative estimate of drug-likeness (QED) is 0.716. The van der Waals surface area contributed by atoms with Crippen LogP contribution in [0.25, 0.3) is 0 Å². The molecule has 1 aliphatic rings. The molecule has 0 saturated heterocycles. The molecule has 1 aliphatic heterocycles. The molecule has 28 heavy (non-hydrogen) atoms. The van der Waals surface area contributed by atoms with E-state index in [1.54, 1.807) is 12.1 Å². The van der Waals surface area contributed by atoms with Gasteiger partial charge in [0.15, 0.2) is 11.5 Å². The zero-order chi connectivity index (χ0) is 19.9. The van der Waals surface area contributed by atoms with Gasteiger partial charge in [0.1, 0.15) is 18.8 Å². The van der Waals surface area contributed by atoms with Gasteiger partial charge in [0.25, 0.3) is 0 Å². The number of carbonyl (C=O) groups is 2. The van der Waals surface area contributed by atoms with E-state index in [-0.39, 0.29) is 17.9 Å². The minimum absolute atomic E-state index is 0.0780. The minimum atomic E-state index is -0.666. The Kier molecular flexibility index (Phi) is 6.37. The highest BCUT2D eigenvalue weighted by Crippen LogP contribution is 2.30. The standard InChI is InChI=1S/C21H25N3O4/c1-14(2)19(24-21(26)23-15-8-4-3-5-9-15)20(25)22-12-16-13-27-17-10-6-7-11-18(17)28-16/h3-11,14,16,19H,12-13H2,1-2H3,(H,22,25)(H2,23,24,26)/t16-,19+/m1/s1. The molecule has 0 bridgehead atoms. The van der Waals surface area contributed by atoms with Crippen LogP contribution in [0, 0.1) is 5.92 Å². The number of fused-ring (bicyclic) bond motifs is 1. The lowest BCUT2D eigenvalue weighted by Gasteiger charge is -2.28. The molecule has 0 radical (unpaired) electrons. The van der Waals surface area contributed by atoms with Gasteiger partial charge in [-0.25, -0.2) is 4.79 Å². The number of benzene rings is 2. The van der Waals surface area contributed by atoms with E-state index in [2.05, 4.69) is 16.0 Å². The van der Waals surface area contributed by atoms with E-state index < -0.39 is 12.1 Å².